The lowest BCUT2D eigenvalue weighted by molar-refractivity contribution is 0.559. The predicted octanol–water partition coefficient (Wildman–Crippen LogP) is 3.20. The number of hydrogen-bond acceptors (Lipinski definition) is 3. The highest BCUT2D eigenvalue weighted by Gasteiger charge is 2.08. The summed E-state index contributed by atoms with van der Waals surface area (Å²) in [6, 6.07) is 7.93. The summed E-state index contributed by atoms with van der Waals surface area (Å²) in [5.41, 5.74) is 1.10. The second-order valence-electron chi connectivity index (χ2n) is 2.87. The van der Waals surface area contributed by atoms with Gasteiger partial charge in [-0.2, -0.15) is 4.99 Å². The molecule has 0 aromatic heterocycles. The number of rotatable bonds is 4. The van der Waals surface area contributed by atoms with Gasteiger partial charge in [-0.1, -0.05) is 25.1 Å². The average Bonchev–Trinajstić information content (AvgIpc) is 2.19. The standard InChI is InChI=1S/C11H13NOS/c1-3-14-11-7-5-4-6-10(11)9(2)12-8-13/h4-7,9H,3H2,1-2H3. The van der Waals surface area contributed by atoms with Crippen LogP contribution in [0.15, 0.2) is 34.2 Å². The zero-order valence-electron chi connectivity index (χ0n) is 8.36. The fourth-order valence-electron chi connectivity index (χ4n) is 1.26. The van der Waals surface area contributed by atoms with E-state index in [0.717, 1.165) is 11.3 Å². The van der Waals surface area contributed by atoms with E-state index in [1.807, 2.05) is 25.1 Å². The summed E-state index contributed by atoms with van der Waals surface area (Å²) in [6.45, 7) is 4.01. The quantitative estimate of drug-likeness (QED) is 0.431. The molecule has 0 aliphatic carbocycles. The molecule has 1 aromatic carbocycles. The number of hydrogen-bond donors (Lipinski definition) is 0. The number of nitrogens with zero attached hydrogens (tertiary/aromatic N) is 1. The van der Waals surface area contributed by atoms with Crippen LogP contribution in [0.1, 0.15) is 25.5 Å². The Morgan fingerprint density at radius 1 is 1.50 bits per heavy atom. The Morgan fingerprint density at radius 2 is 2.21 bits per heavy atom. The van der Waals surface area contributed by atoms with E-state index < -0.39 is 0 Å². The maximum atomic E-state index is 10.2. The number of isocyanates is 1. The molecule has 0 fully saturated rings. The van der Waals surface area contributed by atoms with E-state index in [9.17, 15) is 4.79 Å². The van der Waals surface area contributed by atoms with Gasteiger partial charge in [0.2, 0.25) is 6.08 Å². The number of thioether (sulfide) groups is 1. The van der Waals surface area contributed by atoms with Crippen LogP contribution in [0.3, 0.4) is 0 Å². The van der Waals surface area contributed by atoms with Crippen molar-refractivity contribution in [1.82, 2.24) is 0 Å². The largest absolute Gasteiger partial charge is 0.235 e. The molecule has 0 N–H and O–H groups in total. The smallest absolute Gasteiger partial charge is 0.211 e. The summed E-state index contributed by atoms with van der Waals surface area (Å²) in [4.78, 5) is 15.1. The predicted molar refractivity (Wildman–Crippen MR) is 59.4 cm³/mol. The van der Waals surface area contributed by atoms with Crippen LogP contribution in [-0.2, 0) is 4.79 Å². The monoisotopic (exact) mass is 207 g/mol. The molecule has 3 heteroatoms. The molecule has 0 amide bonds. The second kappa shape index (κ2) is 5.63. The molecule has 1 atom stereocenters. The first-order chi connectivity index (χ1) is 6.79. The number of carbonyl (C=O) groups excluding carboxylic acids is 1. The van der Waals surface area contributed by atoms with Crippen LogP contribution in [0, 0.1) is 0 Å². The van der Waals surface area contributed by atoms with Gasteiger partial charge >= 0.3 is 0 Å². The first kappa shape index (κ1) is 11.0. The van der Waals surface area contributed by atoms with Gasteiger partial charge in [0.05, 0.1) is 6.04 Å². The normalized spacial score (nSPS) is 11.9. The lowest BCUT2D eigenvalue weighted by Gasteiger charge is -2.09. The van der Waals surface area contributed by atoms with Gasteiger partial charge in [-0.25, -0.2) is 4.79 Å². The zero-order chi connectivity index (χ0) is 10.4. The molecule has 2 nitrogen and oxygen atoms in total. The van der Waals surface area contributed by atoms with Crippen molar-refractivity contribution < 1.29 is 4.79 Å². The van der Waals surface area contributed by atoms with Crippen molar-refractivity contribution in [2.75, 3.05) is 5.75 Å². The van der Waals surface area contributed by atoms with Gasteiger partial charge in [-0.05, 0) is 24.3 Å². The van der Waals surface area contributed by atoms with Gasteiger partial charge in [-0.3, -0.25) is 0 Å². The first-order valence-electron chi connectivity index (χ1n) is 4.58. The molecular weight excluding hydrogens is 194 g/mol. The Morgan fingerprint density at radius 3 is 2.86 bits per heavy atom. The van der Waals surface area contributed by atoms with E-state index in [1.165, 1.54) is 4.90 Å². The van der Waals surface area contributed by atoms with Crippen molar-refractivity contribution in [3.8, 4) is 0 Å². The molecule has 1 unspecified atom stereocenters. The molecule has 0 heterocycles. The van der Waals surface area contributed by atoms with E-state index >= 15 is 0 Å². The van der Waals surface area contributed by atoms with Crippen molar-refractivity contribution in [3.05, 3.63) is 29.8 Å². The summed E-state index contributed by atoms with van der Waals surface area (Å²) in [6.07, 6.45) is 1.60. The molecule has 1 rings (SSSR count). The minimum atomic E-state index is -0.0947. The molecule has 0 radical (unpaired) electrons. The van der Waals surface area contributed by atoms with Crippen molar-refractivity contribution in [3.63, 3.8) is 0 Å². The van der Waals surface area contributed by atoms with E-state index in [0.29, 0.717) is 0 Å². The van der Waals surface area contributed by atoms with Crippen LogP contribution >= 0.6 is 11.8 Å². The summed E-state index contributed by atoms with van der Waals surface area (Å²) in [7, 11) is 0. The molecule has 0 saturated heterocycles. The van der Waals surface area contributed by atoms with Gasteiger partial charge in [-0.15, -0.1) is 11.8 Å². The third kappa shape index (κ3) is 2.72. The van der Waals surface area contributed by atoms with Crippen LogP contribution in [0.2, 0.25) is 0 Å². The molecule has 0 aliphatic heterocycles. The van der Waals surface area contributed by atoms with Crippen molar-refractivity contribution in [1.29, 1.82) is 0 Å². The Kier molecular flexibility index (Phi) is 4.44. The van der Waals surface area contributed by atoms with Gasteiger partial charge in [0.15, 0.2) is 0 Å². The summed E-state index contributed by atoms with van der Waals surface area (Å²) in [5.74, 6) is 1.02. The Labute approximate surface area is 88.4 Å². The lowest BCUT2D eigenvalue weighted by Crippen LogP contribution is -1.92. The van der Waals surface area contributed by atoms with E-state index in [2.05, 4.69) is 18.0 Å². The zero-order valence-corrected chi connectivity index (χ0v) is 9.17. The van der Waals surface area contributed by atoms with E-state index in [1.54, 1.807) is 17.8 Å². The van der Waals surface area contributed by atoms with Gasteiger partial charge < -0.3 is 0 Å². The molecule has 0 spiro atoms. The molecule has 0 saturated carbocycles. The number of aliphatic imine (C=N–C) groups is 1. The van der Waals surface area contributed by atoms with Gasteiger partial charge in [0, 0.05) is 4.90 Å². The van der Waals surface area contributed by atoms with Crippen LogP contribution in [-0.4, -0.2) is 11.8 Å². The van der Waals surface area contributed by atoms with Gasteiger partial charge in [0.25, 0.3) is 0 Å². The minimum Gasteiger partial charge on any atom is -0.211 e. The van der Waals surface area contributed by atoms with Gasteiger partial charge in [0.1, 0.15) is 0 Å². The first-order valence-corrected chi connectivity index (χ1v) is 5.56. The average molecular weight is 207 g/mol. The Balaban J connectivity index is 2.99. The molecule has 0 aliphatic rings. The SMILES string of the molecule is CCSc1ccccc1C(C)N=C=O. The van der Waals surface area contributed by atoms with E-state index in [4.69, 9.17) is 0 Å². The summed E-state index contributed by atoms with van der Waals surface area (Å²) < 4.78 is 0. The fourth-order valence-corrected chi connectivity index (χ4v) is 2.15. The molecular formula is C11H13NOS. The minimum absolute atomic E-state index is 0.0947. The van der Waals surface area contributed by atoms with Crippen molar-refractivity contribution >= 4 is 17.8 Å². The molecule has 74 valence electrons. The molecule has 1 aromatic rings. The molecule has 0 bridgehead atoms. The molecule has 14 heavy (non-hydrogen) atoms. The highest BCUT2D eigenvalue weighted by molar-refractivity contribution is 7.99. The van der Waals surface area contributed by atoms with Crippen LogP contribution in [0.4, 0.5) is 0 Å². The lowest BCUT2D eigenvalue weighted by atomic mass is 10.1. The highest BCUT2D eigenvalue weighted by Crippen LogP contribution is 2.28. The maximum Gasteiger partial charge on any atom is 0.235 e. The Bertz CT molecular complexity index is 345. The van der Waals surface area contributed by atoms with Crippen molar-refractivity contribution in [2.24, 2.45) is 4.99 Å². The van der Waals surface area contributed by atoms with Crippen LogP contribution in [0.5, 0.6) is 0 Å². The highest BCUT2D eigenvalue weighted by atomic mass is 32.2. The third-order valence-electron chi connectivity index (χ3n) is 1.92. The fraction of sp³-hybridized carbons (Fsp3) is 0.364. The summed E-state index contributed by atoms with van der Waals surface area (Å²) >= 11 is 1.77. The maximum absolute atomic E-state index is 10.2. The third-order valence-corrected chi connectivity index (χ3v) is 2.89. The van der Waals surface area contributed by atoms with Crippen LogP contribution in [0.25, 0.3) is 0 Å². The Hall–Kier alpha value is -1.05. The van der Waals surface area contributed by atoms with Crippen LogP contribution < -0.4 is 0 Å². The topological polar surface area (TPSA) is 29.4 Å². The van der Waals surface area contributed by atoms with E-state index in [-0.39, 0.29) is 6.04 Å². The second-order valence-corrected chi connectivity index (χ2v) is 4.17. The van der Waals surface area contributed by atoms with Crippen molar-refractivity contribution in [2.45, 2.75) is 24.8 Å². The number of benzene rings is 1. The summed E-state index contributed by atoms with van der Waals surface area (Å²) in [5, 5.41) is 0.